The first-order valence-electron chi connectivity index (χ1n) is 8.21. The summed E-state index contributed by atoms with van der Waals surface area (Å²) < 4.78 is 1.84. The van der Waals surface area contributed by atoms with Crippen molar-refractivity contribution < 1.29 is 4.79 Å². The number of aromatic nitrogens is 2. The predicted octanol–water partition coefficient (Wildman–Crippen LogP) is 4.40. The monoisotopic (exact) mass is 296 g/mol. The lowest BCUT2D eigenvalue weighted by Crippen LogP contribution is -2.16. The number of benzene rings is 1. The van der Waals surface area contributed by atoms with E-state index in [1.54, 1.807) is 0 Å². The molecule has 1 aliphatic carbocycles. The Bertz CT molecular complexity index is 657. The molecule has 0 radical (unpaired) electrons. The Morgan fingerprint density at radius 3 is 2.68 bits per heavy atom. The van der Waals surface area contributed by atoms with Crippen molar-refractivity contribution in [3.8, 4) is 0 Å². The Morgan fingerprint density at radius 1 is 1.27 bits per heavy atom. The van der Waals surface area contributed by atoms with Crippen LogP contribution in [0.1, 0.15) is 67.1 Å². The number of hydrogen-bond donors (Lipinski definition) is 0. The molecule has 3 nitrogen and oxygen atoms in total. The lowest BCUT2D eigenvalue weighted by Gasteiger charge is -2.28. The van der Waals surface area contributed by atoms with E-state index in [1.807, 2.05) is 35.0 Å². The van der Waals surface area contributed by atoms with Gasteiger partial charge in [0.15, 0.2) is 5.78 Å². The summed E-state index contributed by atoms with van der Waals surface area (Å²) in [6, 6.07) is 9.46. The molecule has 3 heteroatoms. The highest BCUT2D eigenvalue weighted by Gasteiger charge is 2.30. The SMILES string of the molecule is CC(C)[C@@H]1CC[C@@H](C)c2cn(CC(=O)c3ccccc3)nc21. The second-order valence-electron chi connectivity index (χ2n) is 6.79. The van der Waals surface area contributed by atoms with Gasteiger partial charge in [0, 0.05) is 17.7 Å². The first-order chi connectivity index (χ1) is 10.6. The molecule has 0 aliphatic heterocycles. The first kappa shape index (κ1) is 15.0. The van der Waals surface area contributed by atoms with Gasteiger partial charge >= 0.3 is 0 Å². The number of hydrogen-bond acceptors (Lipinski definition) is 2. The Hall–Kier alpha value is -1.90. The summed E-state index contributed by atoms with van der Waals surface area (Å²) in [6.07, 6.45) is 4.51. The van der Waals surface area contributed by atoms with Gasteiger partial charge in [-0.15, -0.1) is 0 Å². The van der Waals surface area contributed by atoms with E-state index in [0.717, 1.165) is 5.56 Å². The highest BCUT2D eigenvalue weighted by atomic mass is 16.1. The normalized spacial score (nSPS) is 20.9. The molecule has 1 aliphatic rings. The Balaban J connectivity index is 1.85. The Labute approximate surface area is 132 Å². The van der Waals surface area contributed by atoms with Crippen LogP contribution >= 0.6 is 0 Å². The molecule has 0 fully saturated rings. The van der Waals surface area contributed by atoms with Gasteiger partial charge in [-0.1, -0.05) is 51.1 Å². The maximum absolute atomic E-state index is 12.4. The fourth-order valence-corrected chi connectivity index (χ4v) is 3.43. The number of carbonyl (C=O) groups is 1. The smallest absolute Gasteiger partial charge is 0.184 e. The largest absolute Gasteiger partial charge is 0.292 e. The minimum atomic E-state index is 0.120. The van der Waals surface area contributed by atoms with E-state index in [2.05, 4.69) is 27.0 Å². The van der Waals surface area contributed by atoms with Crippen LogP contribution < -0.4 is 0 Å². The summed E-state index contributed by atoms with van der Waals surface area (Å²) in [7, 11) is 0. The van der Waals surface area contributed by atoms with Gasteiger partial charge in [-0.3, -0.25) is 9.48 Å². The van der Waals surface area contributed by atoms with Gasteiger partial charge in [-0.05, 0) is 30.2 Å². The highest BCUT2D eigenvalue weighted by molar-refractivity contribution is 5.95. The van der Waals surface area contributed by atoms with Gasteiger partial charge in [-0.2, -0.15) is 5.10 Å². The van der Waals surface area contributed by atoms with Crippen molar-refractivity contribution in [3.63, 3.8) is 0 Å². The summed E-state index contributed by atoms with van der Waals surface area (Å²) >= 11 is 0. The molecule has 3 rings (SSSR count). The van der Waals surface area contributed by atoms with Gasteiger partial charge in [0.2, 0.25) is 0 Å². The average molecular weight is 296 g/mol. The van der Waals surface area contributed by atoms with Crippen LogP contribution in [0, 0.1) is 5.92 Å². The number of Topliss-reactive ketones (excluding diaryl/α,β-unsaturated/α-hetero) is 1. The maximum atomic E-state index is 12.4. The van der Waals surface area contributed by atoms with E-state index in [0.29, 0.717) is 24.3 Å². The molecule has 0 saturated heterocycles. The van der Waals surface area contributed by atoms with E-state index in [1.165, 1.54) is 24.1 Å². The quantitative estimate of drug-likeness (QED) is 0.784. The number of ketones is 1. The standard InChI is InChI=1S/C19H24N2O/c1-13(2)16-10-9-14(3)17-11-21(20-19(16)17)12-18(22)15-7-5-4-6-8-15/h4-8,11,13-14,16H,9-10,12H2,1-3H3/t14-,16+/m1/s1. The molecule has 0 N–H and O–H groups in total. The van der Waals surface area contributed by atoms with Gasteiger partial charge in [0.25, 0.3) is 0 Å². The molecule has 1 heterocycles. The topological polar surface area (TPSA) is 34.9 Å². The van der Waals surface area contributed by atoms with Crippen LogP contribution in [-0.2, 0) is 6.54 Å². The zero-order chi connectivity index (χ0) is 15.7. The minimum absolute atomic E-state index is 0.120. The van der Waals surface area contributed by atoms with Crippen molar-refractivity contribution in [2.75, 3.05) is 0 Å². The fourth-order valence-electron chi connectivity index (χ4n) is 3.43. The van der Waals surface area contributed by atoms with Crippen molar-refractivity contribution in [1.82, 2.24) is 9.78 Å². The number of nitrogens with zero attached hydrogens (tertiary/aromatic N) is 2. The van der Waals surface area contributed by atoms with Crippen molar-refractivity contribution in [2.24, 2.45) is 5.92 Å². The van der Waals surface area contributed by atoms with Crippen molar-refractivity contribution in [2.45, 2.75) is 52.0 Å². The summed E-state index contributed by atoms with van der Waals surface area (Å²) in [5, 5.41) is 4.77. The number of rotatable bonds is 4. The molecule has 1 aromatic carbocycles. The van der Waals surface area contributed by atoms with Gasteiger partial charge in [-0.25, -0.2) is 0 Å². The summed E-state index contributed by atoms with van der Waals surface area (Å²) in [4.78, 5) is 12.4. The van der Waals surface area contributed by atoms with E-state index in [4.69, 9.17) is 5.10 Å². The van der Waals surface area contributed by atoms with E-state index in [9.17, 15) is 4.79 Å². The summed E-state index contributed by atoms with van der Waals surface area (Å²) in [5.41, 5.74) is 3.31. The molecular weight excluding hydrogens is 272 g/mol. The molecule has 1 aromatic heterocycles. The molecule has 2 aromatic rings. The molecule has 22 heavy (non-hydrogen) atoms. The molecule has 116 valence electrons. The second-order valence-corrected chi connectivity index (χ2v) is 6.79. The van der Waals surface area contributed by atoms with E-state index < -0.39 is 0 Å². The van der Waals surface area contributed by atoms with Crippen molar-refractivity contribution >= 4 is 5.78 Å². The average Bonchev–Trinajstić information content (AvgIpc) is 2.92. The Kier molecular flexibility index (Phi) is 4.14. The fraction of sp³-hybridized carbons (Fsp3) is 0.474. The third kappa shape index (κ3) is 2.85. The van der Waals surface area contributed by atoms with Crippen LogP contribution in [0.15, 0.2) is 36.5 Å². The van der Waals surface area contributed by atoms with E-state index in [-0.39, 0.29) is 5.78 Å². The third-order valence-corrected chi connectivity index (χ3v) is 4.82. The molecule has 0 spiro atoms. The van der Waals surface area contributed by atoms with Crippen molar-refractivity contribution in [1.29, 1.82) is 0 Å². The third-order valence-electron chi connectivity index (χ3n) is 4.82. The minimum Gasteiger partial charge on any atom is -0.292 e. The number of carbonyl (C=O) groups excluding carboxylic acids is 1. The number of fused-ring (bicyclic) bond motifs is 1. The molecule has 0 saturated carbocycles. The summed E-state index contributed by atoms with van der Waals surface area (Å²) in [5.74, 6) is 1.79. The zero-order valence-corrected chi connectivity index (χ0v) is 13.6. The lowest BCUT2D eigenvalue weighted by atomic mass is 9.77. The van der Waals surface area contributed by atoms with Gasteiger partial charge in [0.1, 0.15) is 6.54 Å². The van der Waals surface area contributed by atoms with Gasteiger partial charge in [0.05, 0.1) is 5.69 Å². The molecule has 2 atom stereocenters. The Morgan fingerprint density at radius 2 is 2.00 bits per heavy atom. The lowest BCUT2D eigenvalue weighted by molar-refractivity contribution is 0.0967. The highest BCUT2D eigenvalue weighted by Crippen LogP contribution is 2.41. The van der Waals surface area contributed by atoms with Crippen LogP contribution in [-0.4, -0.2) is 15.6 Å². The van der Waals surface area contributed by atoms with Gasteiger partial charge < -0.3 is 0 Å². The summed E-state index contributed by atoms with van der Waals surface area (Å²) in [6.45, 7) is 7.12. The van der Waals surface area contributed by atoms with Crippen LogP contribution in [0.2, 0.25) is 0 Å². The van der Waals surface area contributed by atoms with Crippen LogP contribution in [0.5, 0.6) is 0 Å². The second kappa shape index (κ2) is 6.07. The van der Waals surface area contributed by atoms with Crippen LogP contribution in [0.25, 0.3) is 0 Å². The van der Waals surface area contributed by atoms with Crippen molar-refractivity contribution in [3.05, 3.63) is 53.3 Å². The molecule has 0 unspecified atom stereocenters. The van der Waals surface area contributed by atoms with Crippen LogP contribution in [0.3, 0.4) is 0 Å². The molecular formula is C19H24N2O. The predicted molar refractivity (Wildman–Crippen MR) is 88.2 cm³/mol. The van der Waals surface area contributed by atoms with Crippen LogP contribution in [0.4, 0.5) is 0 Å². The zero-order valence-electron chi connectivity index (χ0n) is 13.6. The maximum Gasteiger partial charge on any atom is 0.184 e. The molecule has 0 amide bonds. The van der Waals surface area contributed by atoms with E-state index >= 15 is 0 Å². The first-order valence-corrected chi connectivity index (χ1v) is 8.21. The molecule has 0 bridgehead atoms.